The Kier molecular flexibility index (Phi) is 5.94. The number of piperidine rings is 1. The van der Waals surface area contributed by atoms with Crippen LogP contribution in [0.1, 0.15) is 23.6 Å². The van der Waals surface area contributed by atoms with E-state index in [1.54, 1.807) is 18.2 Å². The maximum absolute atomic E-state index is 12.3. The van der Waals surface area contributed by atoms with Crippen LogP contribution in [0.25, 0.3) is 0 Å². The lowest BCUT2D eigenvalue weighted by Gasteiger charge is -2.31. The van der Waals surface area contributed by atoms with Crippen molar-refractivity contribution in [2.45, 2.75) is 23.7 Å². The smallest absolute Gasteiger partial charge is 0.242 e. The normalized spacial score (nSPS) is 17.2. The zero-order valence-electron chi connectivity index (χ0n) is 13.3. The van der Waals surface area contributed by atoms with Crippen molar-refractivity contribution in [1.29, 1.82) is 0 Å². The van der Waals surface area contributed by atoms with Crippen molar-refractivity contribution in [3.05, 3.63) is 51.7 Å². The van der Waals surface area contributed by atoms with Gasteiger partial charge in [0.2, 0.25) is 10.0 Å². The second-order valence-electron chi connectivity index (χ2n) is 5.96. The molecule has 2 heterocycles. The molecular weight excluding hydrogens is 364 g/mol. The van der Waals surface area contributed by atoms with E-state index in [0.29, 0.717) is 12.5 Å². The Morgan fingerprint density at radius 2 is 1.92 bits per heavy atom. The van der Waals surface area contributed by atoms with Crippen LogP contribution in [0, 0.1) is 0 Å². The average molecular weight is 385 g/mol. The van der Waals surface area contributed by atoms with E-state index in [1.165, 1.54) is 10.9 Å². The number of likely N-dealkylation sites (tertiary alicyclic amines) is 1. The van der Waals surface area contributed by atoms with Gasteiger partial charge in [0, 0.05) is 18.0 Å². The maximum Gasteiger partial charge on any atom is 0.242 e. The summed E-state index contributed by atoms with van der Waals surface area (Å²) in [5.74, 6) is 0.654. The fourth-order valence-electron chi connectivity index (χ4n) is 3.04. The Morgan fingerprint density at radius 3 is 2.58 bits per heavy atom. The highest BCUT2D eigenvalue weighted by Crippen LogP contribution is 2.30. The van der Waals surface area contributed by atoms with Gasteiger partial charge in [-0.05, 0) is 55.4 Å². The summed E-state index contributed by atoms with van der Waals surface area (Å²) in [6, 6.07) is 10.8. The van der Waals surface area contributed by atoms with Gasteiger partial charge >= 0.3 is 0 Å². The molecule has 1 aromatic carbocycles. The Labute approximate surface area is 152 Å². The fraction of sp³-hybridized carbons (Fsp3) is 0.412. The Balaban J connectivity index is 1.47. The molecule has 0 radical (unpaired) electrons. The molecule has 1 fully saturated rings. The lowest BCUT2D eigenvalue weighted by Crippen LogP contribution is -2.39. The first-order valence-corrected chi connectivity index (χ1v) is 10.8. The minimum Gasteiger partial charge on any atom is -0.302 e. The van der Waals surface area contributed by atoms with Crippen molar-refractivity contribution in [2.75, 3.05) is 26.2 Å². The number of hydrogen-bond donors (Lipinski definition) is 1. The van der Waals surface area contributed by atoms with Crippen molar-refractivity contribution in [3.8, 4) is 0 Å². The van der Waals surface area contributed by atoms with Gasteiger partial charge in [-0.3, -0.25) is 0 Å². The molecule has 0 saturated carbocycles. The van der Waals surface area contributed by atoms with E-state index in [2.05, 4.69) is 27.1 Å². The molecule has 3 rings (SSSR count). The van der Waals surface area contributed by atoms with Gasteiger partial charge in [-0.15, -0.1) is 11.3 Å². The monoisotopic (exact) mass is 384 g/mol. The number of rotatable bonds is 6. The highest BCUT2D eigenvalue weighted by Gasteiger charge is 2.22. The summed E-state index contributed by atoms with van der Waals surface area (Å²) in [6.45, 7) is 3.14. The number of benzene rings is 1. The second-order valence-corrected chi connectivity index (χ2v) is 9.08. The largest absolute Gasteiger partial charge is 0.302 e. The highest BCUT2D eigenvalue weighted by molar-refractivity contribution is 7.89. The first kappa shape index (κ1) is 17.9. The molecule has 7 heteroatoms. The Bertz CT molecular complexity index is 755. The van der Waals surface area contributed by atoms with E-state index in [1.807, 2.05) is 11.3 Å². The first-order chi connectivity index (χ1) is 11.6. The molecule has 0 spiro atoms. The molecule has 0 amide bonds. The maximum atomic E-state index is 12.3. The molecule has 24 heavy (non-hydrogen) atoms. The Morgan fingerprint density at radius 1 is 1.17 bits per heavy atom. The van der Waals surface area contributed by atoms with E-state index in [9.17, 15) is 8.42 Å². The van der Waals surface area contributed by atoms with Gasteiger partial charge < -0.3 is 4.90 Å². The van der Waals surface area contributed by atoms with E-state index >= 15 is 0 Å². The van der Waals surface area contributed by atoms with Crippen LogP contribution in [-0.2, 0) is 10.0 Å². The quantitative estimate of drug-likeness (QED) is 0.828. The van der Waals surface area contributed by atoms with Crippen LogP contribution in [0.15, 0.2) is 46.7 Å². The molecule has 2 aromatic rings. The zero-order chi connectivity index (χ0) is 17.0. The molecule has 4 nitrogen and oxygen atoms in total. The van der Waals surface area contributed by atoms with E-state index < -0.39 is 10.0 Å². The zero-order valence-corrected chi connectivity index (χ0v) is 15.7. The highest BCUT2D eigenvalue weighted by atomic mass is 35.5. The standard InChI is InChI=1S/C17H21ClN2O2S2/c18-15-4-1-2-6-17(15)24(21,22)19-9-12-20-10-7-14(8-11-20)16-5-3-13-23-16/h1-6,13-14,19H,7-12H2. The minimum absolute atomic E-state index is 0.142. The Hall–Kier alpha value is -0.920. The summed E-state index contributed by atoms with van der Waals surface area (Å²) in [7, 11) is -3.54. The predicted molar refractivity (Wildman–Crippen MR) is 99.4 cm³/mol. The summed E-state index contributed by atoms with van der Waals surface area (Å²) >= 11 is 7.80. The number of halogens is 1. The molecule has 0 aliphatic carbocycles. The first-order valence-electron chi connectivity index (χ1n) is 8.06. The summed E-state index contributed by atoms with van der Waals surface area (Å²) < 4.78 is 27.2. The molecule has 130 valence electrons. The summed E-state index contributed by atoms with van der Waals surface area (Å²) in [5.41, 5.74) is 0. The summed E-state index contributed by atoms with van der Waals surface area (Å²) in [4.78, 5) is 3.93. The van der Waals surface area contributed by atoms with Crippen molar-refractivity contribution >= 4 is 33.0 Å². The van der Waals surface area contributed by atoms with Crippen molar-refractivity contribution in [1.82, 2.24) is 9.62 Å². The summed E-state index contributed by atoms with van der Waals surface area (Å²) in [6.07, 6.45) is 2.27. The van der Waals surface area contributed by atoms with Gasteiger partial charge in [0.25, 0.3) is 0 Å². The molecule has 1 aliphatic heterocycles. The fourth-order valence-corrected chi connectivity index (χ4v) is 5.48. The third-order valence-electron chi connectivity index (χ3n) is 4.38. The van der Waals surface area contributed by atoms with Crippen LogP contribution >= 0.6 is 22.9 Å². The van der Waals surface area contributed by atoms with Gasteiger partial charge in [0.05, 0.1) is 5.02 Å². The number of sulfonamides is 1. The third kappa shape index (κ3) is 4.37. The number of hydrogen-bond acceptors (Lipinski definition) is 4. The molecule has 0 unspecified atom stereocenters. The van der Waals surface area contributed by atoms with Gasteiger partial charge in [0.1, 0.15) is 4.90 Å². The number of nitrogens with one attached hydrogen (secondary N) is 1. The third-order valence-corrected chi connectivity index (χ3v) is 7.38. The van der Waals surface area contributed by atoms with E-state index in [4.69, 9.17) is 11.6 Å². The van der Waals surface area contributed by atoms with Crippen LogP contribution in [-0.4, -0.2) is 39.5 Å². The summed E-state index contributed by atoms with van der Waals surface area (Å²) in [5, 5.41) is 2.38. The molecular formula is C17H21ClN2O2S2. The van der Waals surface area contributed by atoms with Crippen LogP contribution < -0.4 is 4.72 Å². The van der Waals surface area contributed by atoms with Gasteiger partial charge in [-0.2, -0.15) is 0 Å². The average Bonchev–Trinajstić information content (AvgIpc) is 3.10. The van der Waals surface area contributed by atoms with Crippen molar-refractivity contribution in [2.24, 2.45) is 0 Å². The van der Waals surface area contributed by atoms with Crippen molar-refractivity contribution in [3.63, 3.8) is 0 Å². The van der Waals surface area contributed by atoms with Crippen LogP contribution in [0.2, 0.25) is 5.02 Å². The number of nitrogens with zero attached hydrogens (tertiary/aromatic N) is 1. The van der Waals surface area contributed by atoms with Crippen LogP contribution in [0.3, 0.4) is 0 Å². The SMILES string of the molecule is O=S(=O)(NCCN1CCC(c2cccs2)CC1)c1ccccc1Cl. The minimum atomic E-state index is -3.54. The van der Waals surface area contributed by atoms with Gasteiger partial charge in [-0.25, -0.2) is 13.1 Å². The predicted octanol–water partition coefficient (Wildman–Crippen LogP) is 3.56. The lowest BCUT2D eigenvalue weighted by molar-refractivity contribution is 0.217. The molecule has 1 aromatic heterocycles. The second kappa shape index (κ2) is 7.97. The van der Waals surface area contributed by atoms with Gasteiger partial charge in [-0.1, -0.05) is 29.8 Å². The van der Waals surface area contributed by atoms with Crippen LogP contribution in [0.5, 0.6) is 0 Å². The van der Waals surface area contributed by atoms with Gasteiger partial charge in [0.15, 0.2) is 0 Å². The molecule has 1 saturated heterocycles. The lowest BCUT2D eigenvalue weighted by atomic mass is 9.95. The molecule has 1 aliphatic rings. The van der Waals surface area contributed by atoms with E-state index in [-0.39, 0.29) is 9.92 Å². The molecule has 0 bridgehead atoms. The van der Waals surface area contributed by atoms with Crippen molar-refractivity contribution < 1.29 is 8.42 Å². The molecule has 1 N–H and O–H groups in total. The number of thiophene rings is 1. The van der Waals surface area contributed by atoms with E-state index in [0.717, 1.165) is 32.5 Å². The molecule has 0 atom stereocenters. The topological polar surface area (TPSA) is 49.4 Å². The van der Waals surface area contributed by atoms with Crippen LogP contribution in [0.4, 0.5) is 0 Å².